The van der Waals surface area contributed by atoms with Crippen molar-refractivity contribution in [3.8, 4) is 0 Å². The van der Waals surface area contributed by atoms with Crippen LogP contribution in [0, 0.1) is 11.6 Å². The van der Waals surface area contributed by atoms with Crippen LogP contribution in [0.3, 0.4) is 0 Å². The van der Waals surface area contributed by atoms with Crippen molar-refractivity contribution in [1.29, 1.82) is 0 Å². The number of hydrogen-bond donors (Lipinski definition) is 2. The van der Waals surface area contributed by atoms with Crippen LogP contribution in [0.1, 0.15) is 24.0 Å². The molecule has 0 saturated carbocycles. The molecule has 4 nitrogen and oxygen atoms in total. The van der Waals surface area contributed by atoms with E-state index in [0.29, 0.717) is 18.7 Å². The first kappa shape index (κ1) is 21.6. The van der Waals surface area contributed by atoms with E-state index in [-0.39, 0.29) is 11.6 Å². The van der Waals surface area contributed by atoms with E-state index < -0.39 is 0 Å². The van der Waals surface area contributed by atoms with Crippen molar-refractivity contribution < 1.29 is 8.78 Å². The number of nitrogens with one attached hydrogen (secondary N) is 1. The molecule has 3 aromatic carbocycles. The highest BCUT2D eigenvalue weighted by molar-refractivity contribution is 5.99. The minimum Gasteiger partial charge on any atom is -0.398 e. The summed E-state index contributed by atoms with van der Waals surface area (Å²) in [5.41, 5.74) is 10.7. The summed E-state index contributed by atoms with van der Waals surface area (Å²) in [6.07, 6.45) is 6.07. The smallest absolute Gasteiger partial charge is 0.125 e. The van der Waals surface area contributed by atoms with E-state index in [1.807, 2.05) is 35.2 Å². The van der Waals surface area contributed by atoms with E-state index >= 15 is 0 Å². The van der Waals surface area contributed by atoms with Crippen molar-refractivity contribution in [2.75, 3.05) is 29.0 Å². The van der Waals surface area contributed by atoms with Crippen LogP contribution >= 0.6 is 0 Å². The third kappa shape index (κ3) is 5.52. The number of nitrogens with zero attached hydrogens (tertiary/aromatic N) is 2. The van der Waals surface area contributed by atoms with Gasteiger partial charge in [-0.15, -0.1) is 0 Å². The van der Waals surface area contributed by atoms with Gasteiger partial charge in [-0.1, -0.05) is 24.3 Å². The van der Waals surface area contributed by atoms with Crippen molar-refractivity contribution >= 4 is 22.9 Å². The van der Waals surface area contributed by atoms with Crippen LogP contribution in [0.25, 0.3) is 0 Å². The lowest BCUT2D eigenvalue weighted by Crippen LogP contribution is -2.33. The molecule has 0 fully saturated rings. The highest BCUT2D eigenvalue weighted by Crippen LogP contribution is 2.22. The van der Waals surface area contributed by atoms with Gasteiger partial charge in [-0.05, 0) is 72.5 Å². The third-order valence-corrected chi connectivity index (χ3v) is 5.41. The molecule has 0 spiro atoms. The number of nitrogens with two attached hydrogens (primary N) is 1. The Labute approximate surface area is 187 Å². The molecule has 0 amide bonds. The van der Waals surface area contributed by atoms with E-state index in [1.165, 1.54) is 24.3 Å². The SMILES string of the molecule is Nc1cc(NCCCC2=NC=CCN2c2cccc(F)c2)ccc1Cc1ccc(F)cc1. The first-order valence-corrected chi connectivity index (χ1v) is 10.7. The van der Waals surface area contributed by atoms with Crippen molar-refractivity contribution in [3.05, 3.63) is 102 Å². The lowest BCUT2D eigenvalue weighted by atomic mass is 10.0. The summed E-state index contributed by atoms with van der Waals surface area (Å²) in [4.78, 5) is 6.53. The molecular formula is C26H26F2N4. The monoisotopic (exact) mass is 432 g/mol. The van der Waals surface area contributed by atoms with Crippen molar-refractivity contribution in [2.45, 2.75) is 19.3 Å². The topological polar surface area (TPSA) is 53.6 Å². The summed E-state index contributed by atoms with van der Waals surface area (Å²) in [5, 5.41) is 3.41. The number of benzene rings is 3. The van der Waals surface area contributed by atoms with Gasteiger partial charge in [0.05, 0.1) is 0 Å². The Morgan fingerprint density at radius 1 is 0.969 bits per heavy atom. The second-order valence-electron chi connectivity index (χ2n) is 7.77. The van der Waals surface area contributed by atoms with Gasteiger partial charge >= 0.3 is 0 Å². The van der Waals surface area contributed by atoms with Crippen LogP contribution in [0.15, 0.2) is 84.0 Å². The van der Waals surface area contributed by atoms with Gasteiger partial charge in [0.25, 0.3) is 0 Å². The molecule has 0 radical (unpaired) electrons. The number of nitrogen functional groups attached to an aromatic ring is 1. The predicted molar refractivity (Wildman–Crippen MR) is 128 cm³/mol. The first-order valence-electron chi connectivity index (χ1n) is 10.7. The zero-order valence-electron chi connectivity index (χ0n) is 17.8. The highest BCUT2D eigenvalue weighted by atomic mass is 19.1. The Kier molecular flexibility index (Phi) is 6.80. The van der Waals surface area contributed by atoms with Crippen molar-refractivity contribution in [3.63, 3.8) is 0 Å². The number of hydrogen-bond acceptors (Lipinski definition) is 4. The number of halogens is 2. The molecule has 0 aromatic heterocycles. The van der Waals surface area contributed by atoms with E-state index in [4.69, 9.17) is 5.73 Å². The van der Waals surface area contributed by atoms with Crippen LogP contribution in [0.2, 0.25) is 0 Å². The van der Waals surface area contributed by atoms with Gasteiger partial charge in [-0.2, -0.15) is 0 Å². The van der Waals surface area contributed by atoms with Gasteiger partial charge in [-0.3, -0.25) is 0 Å². The first-order chi connectivity index (χ1) is 15.6. The fourth-order valence-corrected chi connectivity index (χ4v) is 3.73. The molecule has 6 heteroatoms. The van der Waals surface area contributed by atoms with Gasteiger partial charge in [0.15, 0.2) is 0 Å². The van der Waals surface area contributed by atoms with Gasteiger partial charge in [0.1, 0.15) is 17.5 Å². The second kappa shape index (κ2) is 10.1. The lowest BCUT2D eigenvalue weighted by molar-refractivity contribution is 0.627. The lowest BCUT2D eigenvalue weighted by Gasteiger charge is -2.27. The molecule has 0 atom stereocenters. The summed E-state index contributed by atoms with van der Waals surface area (Å²) in [5.74, 6) is 0.433. The molecular weight excluding hydrogens is 406 g/mol. The Morgan fingerprint density at radius 3 is 2.59 bits per heavy atom. The molecule has 1 heterocycles. The maximum atomic E-state index is 13.6. The van der Waals surface area contributed by atoms with E-state index in [9.17, 15) is 8.78 Å². The van der Waals surface area contributed by atoms with Gasteiger partial charge in [-0.25, -0.2) is 13.8 Å². The van der Waals surface area contributed by atoms with Crippen LogP contribution in [-0.4, -0.2) is 18.9 Å². The van der Waals surface area contributed by atoms with Crippen molar-refractivity contribution in [1.82, 2.24) is 0 Å². The molecule has 0 unspecified atom stereocenters. The zero-order valence-corrected chi connectivity index (χ0v) is 17.8. The normalized spacial score (nSPS) is 13.2. The summed E-state index contributed by atoms with van der Waals surface area (Å²) >= 11 is 0. The third-order valence-electron chi connectivity index (χ3n) is 5.41. The maximum Gasteiger partial charge on any atom is 0.125 e. The summed E-state index contributed by atoms with van der Waals surface area (Å²) in [6, 6.07) is 19.0. The van der Waals surface area contributed by atoms with Gasteiger partial charge in [0.2, 0.25) is 0 Å². The average molecular weight is 433 g/mol. The number of aliphatic imine (C=N–C) groups is 1. The molecule has 4 rings (SSSR count). The Bertz CT molecular complexity index is 1120. The molecule has 3 aromatic rings. The maximum absolute atomic E-state index is 13.6. The van der Waals surface area contributed by atoms with Crippen LogP contribution in [0.5, 0.6) is 0 Å². The predicted octanol–water partition coefficient (Wildman–Crippen LogP) is 5.76. The highest BCUT2D eigenvalue weighted by Gasteiger charge is 2.15. The zero-order chi connectivity index (χ0) is 22.3. The standard InChI is InChI=1S/C26H26F2N4/c27-21-10-7-19(8-11-21)16-20-9-12-23(18-25(20)29)30-13-2-6-26-31-14-3-15-32(26)24-5-1-4-22(28)17-24/h1,3-5,7-12,14,17-18,30H,2,6,13,15-16,29H2. The van der Waals surface area contributed by atoms with E-state index in [1.54, 1.807) is 24.4 Å². The fraction of sp³-hybridized carbons (Fsp3) is 0.192. The Balaban J connectivity index is 1.30. The number of rotatable bonds is 8. The largest absolute Gasteiger partial charge is 0.398 e. The Morgan fingerprint density at radius 2 is 1.81 bits per heavy atom. The molecule has 1 aliphatic rings. The minimum atomic E-state index is -0.251. The molecule has 32 heavy (non-hydrogen) atoms. The molecule has 3 N–H and O–H groups in total. The molecule has 164 valence electrons. The molecule has 0 bridgehead atoms. The summed E-state index contributed by atoms with van der Waals surface area (Å²) in [6.45, 7) is 1.44. The number of anilines is 3. The summed E-state index contributed by atoms with van der Waals surface area (Å²) < 4.78 is 26.7. The quantitative estimate of drug-likeness (QED) is 0.351. The van der Waals surface area contributed by atoms with E-state index in [0.717, 1.165) is 47.7 Å². The molecule has 1 aliphatic heterocycles. The average Bonchev–Trinajstić information content (AvgIpc) is 2.80. The minimum absolute atomic E-state index is 0.240. The summed E-state index contributed by atoms with van der Waals surface area (Å²) in [7, 11) is 0. The van der Waals surface area contributed by atoms with Crippen LogP contribution < -0.4 is 16.0 Å². The van der Waals surface area contributed by atoms with Crippen molar-refractivity contribution in [2.24, 2.45) is 4.99 Å². The van der Waals surface area contributed by atoms with Crippen LogP contribution in [-0.2, 0) is 6.42 Å². The number of amidine groups is 1. The van der Waals surface area contributed by atoms with Crippen LogP contribution in [0.4, 0.5) is 25.8 Å². The molecule has 0 saturated heterocycles. The Hall–Kier alpha value is -3.67. The van der Waals surface area contributed by atoms with Gasteiger partial charge < -0.3 is 16.0 Å². The van der Waals surface area contributed by atoms with Gasteiger partial charge in [0, 0.05) is 42.8 Å². The second-order valence-corrected chi connectivity index (χ2v) is 7.77. The van der Waals surface area contributed by atoms with E-state index in [2.05, 4.69) is 10.3 Å². The fourth-order valence-electron chi connectivity index (χ4n) is 3.73. The molecule has 0 aliphatic carbocycles.